The molecule has 1 aromatic heterocycles. The Bertz CT molecular complexity index is 618. The van der Waals surface area contributed by atoms with Crippen LogP contribution in [0.5, 0.6) is 5.75 Å². The maximum atomic E-state index is 5.72. The Morgan fingerprint density at radius 2 is 2.35 bits per heavy atom. The standard InChI is InChI=1S/C12H14BrN5OS/c13-10-5-8-1-4-19-11(8)9(6-10)7-20-12-15-16-17-18(12)3-2-14/h5-6H,1-4,7,14H2. The highest BCUT2D eigenvalue weighted by atomic mass is 79.9. The highest BCUT2D eigenvalue weighted by Crippen LogP contribution is 2.36. The van der Waals surface area contributed by atoms with Crippen molar-refractivity contribution in [2.45, 2.75) is 23.9 Å². The quantitative estimate of drug-likeness (QED) is 0.821. The summed E-state index contributed by atoms with van der Waals surface area (Å²) in [4.78, 5) is 0. The zero-order valence-corrected chi connectivity index (χ0v) is 13.2. The molecule has 1 aliphatic heterocycles. The summed E-state index contributed by atoms with van der Waals surface area (Å²) in [6.45, 7) is 1.91. The van der Waals surface area contributed by atoms with Gasteiger partial charge in [-0.15, -0.1) is 5.10 Å². The smallest absolute Gasteiger partial charge is 0.209 e. The molecule has 2 heterocycles. The monoisotopic (exact) mass is 355 g/mol. The molecule has 0 atom stereocenters. The van der Waals surface area contributed by atoms with Crippen molar-refractivity contribution >= 4 is 27.7 Å². The van der Waals surface area contributed by atoms with Crippen LogP contribution in [0.15, 0.2) is 21.8 Å². The Hall–Kier alpha value is -1.12. The summed E-state index contributed by atoms with van der Waals surface area (Å²) < 4.78 is 8.53. The molecule has 3 rings (SSSR count). The number of hydrogen-bond donors (Lipinski definition) is 1. The first-order valence-electron chi connectivity index (χ1n) is 6.31. The number of nitrogens with zero attached hydrogens (tertiary/aromatic N) is 4. The second-order valence-electron chi connectivity index (χ2n) is 4.41. The lowest BCUT2D eigenvalue weighted by atomic mass is 10.1. The van der Waals surface area contributed by atoms with Gasteiger partial charge in [0.15, 0.2) is 0 Å². The van der Waals surface area contributed by atoms with E-state index >= 15 is 0 Å². The highest BCUT2D eigenvalue weighted by Gasteiger charge is 2.18. The van der Waals surface area contributed by atoms with Gasteiger partial charge in [-0.1, -0.05) is 27.7 Å². The molecule has 0 radical (unpaired) electrons. The zero-order chi connectivity index (χ0) is 13.9. The molecule has 106 valence electrons. The van der Waals surface area contributed by atoms with Gasteiger partial charge in [-0.2, -0.15) is 0 Å². The van der Waals surface area contributed by atoms with E-state index in [1.807, 2.05) is 0 Å². The van der Waals surface area contributed by atoms with Crippen LogP contribution in [0, 0.1) is 0 Å². The molecule has 0 unspecified atom stereocenters. The summed E-state index contributed by atoms with van der Waals surface area (Å²) in [5.74, 6) is 1.78. The third-order valence-corrected chi connectivity index (χ3v) is 4.49. The molecule has 0 spiro atoms. The summed E-state index contributed by atoms with van der Waals surface area (Å²) in [6, 6.07) is 4.21. The average molecular weight is 356 g/mol. The summed E-state index contributed by atoms with van der Waals surface area (Å²) in [5, 5.41) is 12.4. The first-order valence-corrected chi connectivity index (χ1v) is 8.09. The van der Waals surface area contributed by atoms with E-state index in [1.54, 1.807) is 16.4 Å². The fourth-order valence-electron chi connectivity index (χ4n) is 2.16. The van der Waals surface area contributed by atoms with Gasteiger partial charge in [-0.25, -0.2) is 4.68 Å². The van der Waals surface area contributed by atoms with Crippen molar-refractivity contribution in [3.63, 3.8) is 0 Å². The highest BCUT2D eigenvalue weighted by molar-refractivity contribution is 9.10. The van der Waals surface area contributed by atoms with Gasteiger partial charge in [0.1, 0.15) is 5.75 Å². The van der Waals surface area contributed by atoms with Crippen molar-refractivity contribution in [1.29, 1.82) is 0 Å². The van der Waals surface area contributed by atoms with Gasteiger partial charge in [0.05, 0.1) is 13.2 Å². The van der Waals surface area contributed by atoms with Crippen molar-refractivity contribution in [2.24, 2.45) is 5.73 Å². The largest absolute Gasteiger partial charge is 0.493 e. The third kappa shape index (κ3) is 2.82. The van der Waals surface area contributed by atoms with Crippen molar-refractivity contribution in [3.05, 3.63) is 27.7 Å². The van der Waals surface area contributed by atoms with E-state index in [-0.39, 0.29) is 0 Å². The topological polar surface area (TPSA) is 78.9 Å². The van der Waals surface area contributed by atoms with Crippen LogP contribution >= 0.6 is 27.7 Å². The van der Waals surface area contributed by atoms with Gasteiger partial charge in [0.25, 0.3) is 0 Å². The molecular formula is C12H14BrN5OS. The number of rotatable bonds is 5. The van der Waals surface area contributed by atoms with Crippen molar-refractivity contribution in [1.82, 2.24) is 20.2 Å². The molecule has 1 aliphatic rings. The number of benzene rings is 1. The Kier molecular flexibility index (Phi) is 4.23. The number of thioether (sulfide) groups is 1. The second kappa shape index (κ2) is 6.11. The number of nitrogens with two attached hydrogens (primary N) is 1. The minimum Gasteiger partial charge on any atom is -0.493 e. The number of aromatic nitrogens is 4. The van der Waals surface area contributed by atoms with Crippen LogP contribution < -0.4 is 10.5 Å². The average Bonchev–Trinajstić information content (AvgIpc) is 3.05. The van der Waals surface area contributed by atoms with Crippen molar-refractivity contribution < 1.29 is 4.74 Å². The van der Waals surface area contributed by atoms with E-state index in [2.05, 4.69) is 43.6 Å². The van der Waals surface area contributed by atoms with Gasteiger partial charge in [0, 0.05) is 28.8 Å². The van der Waals surface area contributed by atoms with Crippen molar-refractivity contribution in [2.75, 3.05) is 13.2 Å². The van der Waals surface area contributed by atoms with E-state index in [4.69, 9.17) is 10.5 Å². The van der Waals surface area contributed by atoms with E-state index in [9.17, 15) is 0 Å². The van der Waals surface area contributed by atoms with Crippen LogP contribution in [0.25, 0.3) is 0 Å². The Labute approximate surface area is 129 Å². The second-order valence-corrected chi connectivity index (χ2v) is 6.27. The minimum absolute atomic E-state index is 0.522. The predicted molar refractivity (Wildman–Crippen MR) is 79.8 cm³/mol. The summed E-state index contributed by atoms with van der Waals surface area (Å²) in [6.07, 6.45) is 0.970. The molecule has 0 amide bonds. The summed E-state index contributed by atoms with van der Waals surface area (Å²) in [5.41, 5.74) is 7.96. The molecule has 20 heavy (non-hydrogen) atoms. The molecule has 8 heteroatoms. The van der Waals surface area contributed by atoms with E-state index < -0.39 is 0 Å². The normalized spacial score (nSPS) is 13.3. The van der Waals surface area contributed by atoms with Gasteiger partial charge in [-0.05, 0) is 28.1 Å². The summed E-state index contributed by atoms with van der Waals surface area (Å²) >= 11 is 5.14. The first kappa shape index (κ1) is 13.8. The van der Waals surface area contributed by atoms with Gasteiger partial charge >= 0.3 is 0 Å². The Morgan fingerprint density at radius 3 is 3.20 bits per heavy atom. The van der Waals surface area contributed by atoms with Gasteiger partial charge < -0.3 is 10.5 Å². The maximum absolute atomic E-state index is 5.72. The third-order valence-electron chi connectivity index (χ3n) is 3.02. The zero-order valence-electron chi connectivity index (χ0n) is 10.8. The molecule has 6 nitrogen and oxygen atoms in total. The van der Waals surface area contributed by atoms with Crippen LogP contribution in [0.3, 0.4) is 0 Å². The number of halogens is 1. The molecule has 2 N–H and O–H groups in total. The fourth-order valence-corrected chi connectivity index (χ4v) is 3.58. The lowest BCUT2D eigenvalue weighted by molar-refractivity contribution is 0.354. The minimum atomic E-state index is 0.522. The first-order chi connectivity index (χ1) is 9.78. The van der Waals surface area contributed by atoms with Crippen molar-refractivity contribution in [3.8, 4) is 5.75 Å². The van der Waals surface area contributed by atoms with Crippen LogP contribution in [0.1, 0.15) is 11.1 Å². The number of tetrazole rings is 1. The molecule has 1 aromatic carbocycles. The van der Waals surface area contributed by atoms with Crippen LogP contribution in [0.4, 0.5) is 0 Å². The molecule has 2 aromatic rings. The lowest BCUT2D eigenvalue weighted by Gasteiger charge is -2.08. The number of fused-ring (bicyclic) bond motifs is 1. The fraction of sp³-hybridized carbons (Fsp3) is 0.417. The Morgan fingerprint density at radius 1 is 1.45 bits per heavy atom. The Balaban J connectivity index is 1.77. The van der Waals surface area contributed by atoms with Gasteiger partial charge in [0.2, 0.25) is 5.16 Å². The maximum Gasteiger partial charge on any atom is 0.209 e. The molecule has 0 saturated carbocycles. The van der Waals surface area contributed by atoms with E-state index in [0.717, 1.165) is 34.2 Å². The SMILES string of the molecule is NCCn1nnnc1SCc1cc(Br)cc2c1OCC2. The lowest BCUT2D eigenvalue weighted by Crippen LogP contribution is -2.12. The van der Waals surface area contributed by atoms with E-state index in [1.165, 1.54) is 11.1 Å². The van der Waals surface area contributed by atoms with Crippen LogP contribution in [0.2, 0.25) is 0 Å². The molecule has 0 saturated heterocycles. The van der Waals surface area contributed by atoms with Crippen LogP contribution in [-0.2, 0) is 18.7 Å². The number of ether oxygens (including phenoxy) is 1. The van der Waals surface area contributed by atoms with Gasteiger partial charge in [-0.3, -0.25) is 0 Å². The number of hydrogen-bond acceptors (Lipinski definition) is 6. The summed E-state index contributed by atoms with van der Waals surface area (Å²) in [7, 11) is 0. The van der Waals surface area contributed by atoms with E-state index in [0.29, 0.717) is 13.1 Å². The molecular weight excluding hydrogens is 342 g/mol. The predicted octanol–water partition coefficient (Wildman–Crippen LogP) is 1.62. The molecule has 0 aliphatic carbocycles. The molecule has 0 fully saturated rings. The van der Waals surface area contributed by atoms with Crippen LogP contribution in [-0.4, -0.2) is 33.4 Å². The molecule has 0 bridgehead atoms.